The molecule has 1 aromatic carbocycles. The highest BCUT2D eigenvalue weighted by Crippen LogP contribution is 2.32. The number of primary amides is 1. The summed E-state index contributed by atoms with van der Waals surface area (Å²) in [7, 11) is 0. The van der Waals surface area contributed by atoms with E-state index in [9.17, 15) is 4.79 Å². The maximum atomic E-state index is 11.2. The number of pyridine rings is 1. The number of nitrogens with zero attached hydrogens (tertiary/aromatic N) is 3. The molecule has 0 bridgehead atoms. The summed E-state index contributed by atoms with van der Waals surface area (Å²) in [6.07, 6.45) is 3.49. The van der Waals surface area contributed by atoms with Gasteiger partial charge in [0.2, 0.25) is 5.91 Å². The molecule has 0 spiro atoms. The van der Waals surface area contributed by atoms with Crippen molar-refractivity contribution < 1.29 is 4.79 Å². The van der Waals surface area contributed by atoms with E-state index in [2.05, 4.69) is 15.0 Å². The van der Waals surface area contributed by atoms with Gasteiger partial charge in [-0.05, 0) is 24.3 Å². The lowest BCUT2D eigenvalue weighted by Gasteiger charge is -1.98. The van der Waals surface area contributed by atoms with Crippen LogP contribution in [-0.4, -0.2) is 25.8 Å². The first-order valence-corrected chi connectivity index (χ1v) is 8.42. The second-order valence-electron chi connectivity index (χ2n) is 5.30. The smallest absolute Gasteiger partial charge is 0.248 e. The van der Waals surface area contributed by atoms with E-state index in [4.69, 9.17) is 10.7 Å². The third-order valence-corrected chi connectivity index (χ3v) is 4.49. The van der Waals surface area contributed by atoms with Crippen LogP contribution in [-0.2, 0) is 0 Å². The second kappa shape index (κ2) is 6.29. The Labute approximate surface area is 147 Å². The van der Waals surface area contributed by atoms with Crippen LogP contribution in [0.5, 0.6) is 0 Å². The number of hydrogen-bond acceptors (Lipinski definition) is 5. The molecule has 0 saturated carbocycles. The van der Waals surface area contributed by atoms with Crippen molar-refractivity contribution in [3.63, 3.8) is 0 Å². The molecule has 4 aromatic rings. The maximum absolute atomic E-state index is 11.2. The number of hydrogen-bond donors (Lipinski definition) is 2. The molecule has 0 saturated heterocycles. The number of imidazole rings is 1. The fraction of sp³-hybridized carbons (Fsp3) is 0. The lowest BCUT2D eigenvalue weighted by atomic mass is 10.1. The zero-order valence-corrected chi connectivity index (χ0v) is 13.8. The van der Waals surface area contributed by atoms with Gasteiger partial charge in [-0.15, -0.1) is 11.3 Å². The van der Waals surface area contributed by atoms with Gasteiger partial charge in [0.05, 0.1) is 5.69 Å². The number of thiazole rings is 1. The minimum atomic E-state index is -0.455. The van der Waals surface area contributed by atoms with Gasteiger partial charge >= 0.3 is 0 Å². The highest BCUT2D eigenvalue weighted by Gasteiger charge is 2.17. The van der Waals surface area contributed by atoms with Gasteiger partial charge in [0.15, 0.2) is 0 Å². The summed E-state index contributed by atoms with van der Waals surface area (Å²) in [6, 6.07) is 12.7. The molecule has 7 heteroatoms. The van der Waals surface area contributed by atoms with E-state index >= 15 is 0 Å². The summed E-state index contributed by atoms with van der Waals surface area (Å²) in [4.78, 5) is 28.0. The standard InChI is InChI=1S/C18H13N5OS/c19-16(24)11-4-6-12(7-5-11)17-22-14(13-3-1-2-8-20-13)15(23-17)18-21-9-10-25-18/h1-10H,(H2,19,24)(H,22,23). The van der Waals surface area contributed by atoms with Crippen LogP contribution in [0.3, 0.4) is 0 Å². The zero-order chi connectivity index (χ0) is 17.2. The molecule has 25 heavy (non-hydrogen) atoms. The molecule has 0 aliphatic rings. The number of aromatic nitrogens is 4. The molecular weight excluding hydrogens is 334 g/mol. The van der Waals surface area contributed by atoms with Gasteiger partial charge in [-0.2, -0.15) is 0 Å². The number of amides is 1. The van der Waals surface area contributed by atoms with Crippen molar-refractivity contribution in [3.8, 4) is 33.5 Å². The monoisotopic (exact) mass is 347 g/mol. The summed E-state index contributed by atoms with van der Waals surface area (Å²) < 4.78 is 0. The van der Waals surface area contributed by atoms with E-state index in [0.29, 0.717) is 11.4 Å². The van der Waals surface area contributed by atoms with Crippen LogP contribution in [0, 0.1) is 0 Å². The van der Waals surface area contributed by atoms with Crippen molar-refractivity contribution in [2.45, 2.75) is 0 Å². The van der Waals surface area contributed by atoms with Crippen molar-refractivity contribution >= 4 is 17.2 Å². The Morgan fingerprint density at radius 3 is 2.52 bits per heavy atom. The van der Waals surface area contributed by atoms with E-state index in [1.54, 1.807) is 24.5 Å². The number of carbonyl (C=O) groups is 1. The van der Waals surface area contributed by atoms with Gasteiger partial charge < -0.3 is 10.7 Å². The van der Waals surface area contributed by atoms with Gasteiger partial charge in [0.25, 0.3) is 0 Å². The Morgan fingerprint density at radius 1 is 1.04 bits per heavy atom. The topological polar surface area (TPSA) is 97.6 Å². The molecule has 6 nitrogen and oxygen atoms in total. The number of nitrogens with one attached hydrogen (secondary N) is 1. The first-order valence-electron chi connectivity index (χ1n) is 7.54. The largest absolute Gasteiger partial charge is 0.366 e. The fourth-order valence-corrected chi connectivity index (χ4v) is 3.13. The molecular formula is C18H13N5OS. The van der Waals surface area contributed by atoms with E-state index in [1.807, 2.05) is 35.7 Å². The van der Waals surface area contributed by atoms with Crippen molar-refractivity contribution in [1.29, 1.82) is 0 Å². The average Bonchev–Trinajstić information content (AvgIpc) is 3.32. The number of benzene rings is 1. The molecule has 0 aliphatic heterocycles. The minimum absolute atomic E-state index is 0.455. The molecule has 0 fully saturated rings. The third-order valence-electron chi connectivity index (χ3n) is 3.70. The van der Waals surface area contributed by atoms with Crippen LogP contribution in [0.2, 0.25) is 0 Å². The van der Waals surface area contributed by atoms with E-state index in [1.165, 1.54) is 11.3 Å². The lowest BCUT2D eigenvalue weighted by Crippen LogP contribution is -2.10. The van der Waals surface area contributed by atoms with Crippen LogP contribution in [0.1, 0.15) is 10.4 Å². The molecule has 4 rings (SSSR count). The van der Waals surface area contributed by atoms with Crippen molar-refractivity contribution in [3.05, 3.63) is 65.8 Å². The number of H-pyrrole nitrogens is 1. The van der Waals surface area contributed by atoms with Crippen LogP contribution in [0.15, 0.2) is 60.2 Å². The molecule has 0 unspecified atom stereocenters. The molecule has 0 radical (unpaired) electrons. The predicted octanol–water partition coefficient (Wildman–Crippen LogP) is 3.36. The summed E-state index contributed by atoms with van der Waals surface area (Å²) in [5, 5.41) is 2.76. The molecule has 3 heterocycles. The molecule has 122 valence electrons. The number of carbonyl (C=O) groups excluding carboxylic acids is 1. The first kappa shape index (κ1) is 15.2. The number of nitrogens with two attached hydrogens (primary N) is 1. The summed E-state index contributed by atoms with van der Waals surface area (Å²) in [5.41, 5.74) is 8.93. The minimum Gasteiger partial charge on any atom is -0.366 e. The summed E-state index contributed by atoms with van der Waals surface area (Å²) >= 11 is 1.53. The Balaban J connectivity index is 1.83. The second-order valence-corrected chi connectivity index (χ2v) is 6.20. The Morgan fingerprint density at radius 2 is 1.88 bits per heavy atom. The van der Waals surface area contributed by atoms with E-state index in [-0.39, 0.29) is 0 Å². The Bertz CT molecular complexity index is 1010. The SMILES string of the molecule is NC(=O)c1ccc(-c2nc(-c3ccccn3)c(-c3nccs3)[nH]2)cc1. The van der Waals surface area contributed by atoms with Crippen molar-refractivity contribution in [2.24, 2.45) is 5.73 Å². The predicted molar refractivity (Wildman–Crippen MR) is 96.9 cm³/mol. The average molecular weight is 347 g/mol. The molecule has 3 N–H and O–H groups in total. The van der Waals surface area contributed by atoms with Gasteiger partial charge in [-0.25, -0.2) is 9.97 Å². The van der Waals surface area contributed by atoms with Gasteiger partial charge in [-0.3, -0.25) is 9.78 Å². The lowest BCUT2D eigenvalue weighted by molar-refractivity contribution is 0.100. The number of aromatic amines is 1. The first-order chi connectivity index (χ1) is 12.2. The highest BCUT2D eigenvalue weighted by atomic mass is 32.1. The molecule has 0 aliphatic carbocycles. The van der Waals surface area contributed by atoms with E-state index < -0.39 is 5.91 Å². The molecule has 1 amide bonds. The maximum Gasteiger partial charge on any atom is 0.248 e. The van der Waals surface area contributed by atoms with Crippen LogP contribution < -0.4 is 5.73 Å². The summed E-state index contributed by atoms with van der Waals surface area (Å²) in [6.45, 7) is 0. The quantitative estimate of drug-likeness (QED) is 0.591. The van der Waals surface area contributed by atoms with Crippen LogP contribution in [0.25, 0.3) is 33.5 Å². The summed E-state index contributed by atoms with van der Waals surface area (Å²) in [5.74, 6) is 0.227. The zero-order valence-electron chi connectivity index (χ0n) is 13.0. The normalized spacial score (nSPS) is 10.7. The molecule has 0 atom stereocenters. The van der Waals surface area contributed by atoms with Crippen LogP contribution >= 0.6 is 11.3 Å². The van der Waals surface area contributed by atoms with Crippen LogP contribution in [0.4, 0.5) is 0 Å². The van der Waals surface area contributed by atoms with E-state index in [0.717, 1.165) is 27.7 Å². The van der Waals surface area contributed by atoms with Gasteiger partial charge in [-0.1, -0.05) is 18.2 Å². The highest BCUT2D eigenvalue weighted by molar-refractivity contribution is 7.13. The Kier molecular flexibility index (Phi) is 3.83. The van der Waals surface area contributed by atoms with Crippen molar-refractivity contribution in [1.82, 2.24) is 19.9 Å². The number of rotatable bonds is 4. The third kappa shape index (κ3) is 2.92. The van der Waals surface area contributed by atoms with Gasteiger partial charge in [0.1, 0.15) is 22.2 Å². The van der Waals surface area contributed by atoms with Gasteiger partial charge in [0, 0.05) is 28.9 Å². The Hall–Kier alpha value is -3.32. The fourth-order valence-electron chi connectivity index (χ4n) is 2.49. The van der Waals surface area contributed by atoms with Crippen molar-refractivity contribution in [2.75, 3.05) is 0 Å². The molecule has 3 aromatic heterocycles.